The van der Waals surface area contributed by atoms with Crippen LogP contribution >= 0.6 is 11.6 Å². The van der Waals surface area contributed by atoms with Crippen LogP contribution in [0.5, 0.6) is 0 Å². The maximum atomic E-state index is 13.8. The Kier molecular flexibility index (Phi) is 6.66. The number of carbonyl (C=O) groups excluding carboxylic acids is 2. The van der Waals surface area contributed by atoms with Gasteiger partial charge in [0.1, 0.15) is 0 Å². The van der Waals surface area contributed by atoms with Gasteiger partial charge in [0.2, 0.25) is 0 Å². The largest absolute Gasteiger partial charge is 0.322 e. The van der Waals surface area contributed by atoms with E-state index in [1.54, 1.807) is 35.4 Å². The van der Waals surface area contributed by atoms with E-state index in [9.17, 15) is 9.59 Å². The van der Waals surface area contributed by atoms with Crippen LogP contribution in [0.3, 0.4) is 0 Å². The zero-order valence-electron chi connectivity index (χ0n) is 21.0. The predicted octanol–water partition coefficient (Wildman–Crippen LogP) is 7.41. The fraction of sp³-hybridized carbons (Fsp3) is 0.0606. The number of carbonyl (C=O) groups is 2. The van der Waals surface area contributed by atoms with Crippen LogP contribution in [0.2, 0.25) is 5.02 Å². The molecule has 6 rings (SSSR count). The topological polar surface area (TPSA) is 62.3 Å². The molecule has 190 valence electrons. The normalized spacial score (nSPS) is 12.2. The summed E-state index contributed by atoms with van der Waals surface area (Å²) in [5.74, 6) is -0.480. The van der Waals surface area contributed by atoms with E-state index in [2.05, 4.69) is 28.5 Å². The molecule has 0 aliphatic carbocycles. The van der Waals surface area contributed by atoms with E-state index in [0.717, 1.165) is 28.8 Å². The molecule has 0 unspecified atom stereocenters. The Morgan fingerprint density at radius 1 is 0.744 bits per heavy atom. The first-order valence-electron chi connectivity index (χ1n) is 12.7. The molecule has 39 heavy (non-hydrogen) atoms. The molecule has 5 nitrogen and oxygen atoms in total. The van der Waals surface area contributed by atoms with Crippen molar-refractivity contribution < 1.29 is 9.59 Å². The molecule has 4 aromatic carbocycles. The SMILES string of the molecule is O=C(Nc1ccc(C(=O)N2Cc3ccccc3Cc3ccccc32)c(Cl)c1)c1ccccc1-c1ccccn1. The molecule has 0 saturated heterocycles. The average molecular weight is 530 g/mol. The number of para-hydroxylation sites is 1. The smallest absolute Gasteiger partial charge is 0.260 e. The van der Waals surface area contributed by atoms with Gasteiger partial charge >= 0.3 is 0 Å². The first-order chi connectivity index (χ1) is 19.1. The van der Waals surface area contributed by atoms with Gasteiger partial charge in [0.05, 0.1) is 22.8 Å². The highest BCUT2D eigenvalue weighted by Crippen LogP contribution is 2.33. The molecule has 2 amide bonds. The van der Waals surface area contributed by atoms with Gasteiger partial charge in [-0.1, -0.05) is 78.3 Å². The van der Waals surface area contributed by atoms with E-state index in [0.29, 0.717) is 29.1 Å². The van der Waals surface area contributed by atoms with Crippen LogP contribution < -0.4 is 10.2 Å². The minimum atomic E-state index is -0.288. The number of aromatic nitrogens is 1. The van der Waals surface area contributed by atoms with Crippen LogP contribution in [0.25, 0.3) is 11.3 Å². The van der Waals surface area contributed by atoms with Crippen molar-refractivity contribution in [3.05, 3.63) is 148 Å². The molecule has 2 heterocycles. The summed E-state index contributed by atoms with van der Waals surface area (Å²) in [5.41, 5.74) is 7.07. The summed E-state index contributed by atoms with van der Waals surface area (Å²) in [6, 6.07) is 34.0. The van der Waals surface area contributed by atoms with Gasteiger partial charge < -0.3 is 10.2 Å². The lowest BCUT2D eigenvalue weighted by Crippen LogP contribution is -2.30. The predicted molar refractivity (Wildman–Crippen MR) is 155 cm³/mol. The number of pyridine rings is 1. The Hall–Kier alpha value is -4.74. The van der Waals surface area contributed by atoms with Gasteiger partial charge in [-0.25, -0.2) is 0 Å². The molecule has 0 atom stereocenters. The highest BCUT2D eigenvalue weighted by molar-refractivity contribution is 6.35. The summed E-state index contributed by atoms with van der Waals surface area (Å²) >= 11 is 6.66. The molecule has 1 aliphatic rings. The molecular formula is C33H24ClN3O2. The lowest BCUT2D eigenvalue weighted by atomic mass is 10.0. The molecule has 0 spiro atoms. The number of nitrogens with zero attached hydrogens (tertiary/aromatic N) is 2. The monoisotopic (exact) mass is 529 g/mol. The highest BCUT2D eigenvalue weighted by Gasteiger charge is 2.26. The van der Waals surface area contributed by atoms with Crippen molar-refractivity contribution in [2.75, 3.05) is 10.2 Å². The van der Waals surface area contributed by atoms with Gasteiger partial charge in [-0.3, -0.25) is 14.6 Å². The van der Waals surface area contributed by atoms with E-state index < -0.39 is 0 Å². The van der Waals surface area contributed by atoms with Gasteiger partial charge in [-0.05, 0) is 65.6 Å². The summed E-state index contributed by atoms with van der Waals surface area (Å²) in [4.78, 5) is 33.2. The second kappa shape index (κ2) is 10.6. The second-order valence-corrected chi connectivity index (χ2v) is 9.78. The summed E-state index contributed by atoms with van der Waals surface area (Å²) in [6.07, 6.45) is 2.45. The van der Waals surface area contributed by atoms with Gasteiger partial charge in [0.15, 0.2) is 0 Å². The fourth-order valence-corrected chi connectivity index (χ4v) is 5.25. The van der Waals surface area contributed by atoms with Crippen LogP contribution in [0, 0.1) is 0 Å². The number of rotatable bonds is 4. The summed E-state index contributed by atoms with van der Waals surface area (Å²) in [5, 5.41) is 3.19. The van der Waals surface area contributed by atoms with Crippen LogP contribution in [0.4, 0.5) is 11.4 Å². The van der Waals surface area contributed by atoms with E-state index >= 15 is 0 Å². The Bertz CT molecular complexity index is 1700. The number of halogens is 1. The lowest BCUT2D eigenvalue weighted by molar-refractivity contribution is 0.0984. The van der Waals surface area contributed by atoms with E-state index in [-0.39, 0.29) is 16.8 Å². The van der Waals surface area contributed by atoms with Crippen molar-refractivity contribution in [2.45, 2.75) is 13.0 Å². The third-order valence-corrected chi connectivity index (χ3v) is 7.24. The van der Waals surface area contributed by atoms with Gasteiger partial charge in [0.25, 0.3) is 11.8 Å². The van der Waals surface area contributed by atoms with E-state index in [4.69, 9.17) is 11.6 Å². The second-order valence-electron chi connectivity index (χ2n) is 9.37. The Morgan fingerprint density at radius 2 is 1.46 bits per heavy atom. The number of hydrogen-bond acceptors (Lipinski definition) is 3. The van der Waals surface area contributed by atoms with Crippen molar-refractivity contribution in [2.24, 2.45) is 0 Å². The first kappa shape index (κ1) is 24.6. The molecule has 1 aliphatic heterocycles. The van der Waals surface area contributed by atoms with Gasteiger partial charge in [0, 0.05) is 28.7 Å². The molecule has 0 saturated carbocycles. The van der Waals surface area contributed by atoms with Crippen molar-refractivity contribution in [3.8, 4) is 11.3 Å². The quantitative estimate of drug-likeness (QED) is 0.264. The van der Waals surface area contributed by atoms with Crippen LogP contribution in [-0.2, 0) is 13.0 Å². The van der Waals surface area contributed by atoms with E-state index in [1.165, 1.54) is 5.56 Å². The minimum Gasteiger partial charge on any atom is -0.322 e. The molecule has 0 bridgehead atoms. The number of benzene rings is 4. The molecule has 6 heteroatoms. The van der Waals surface area contributed by atoms with Crippen LogP contribution in [-0.4, -0.2) is 16.8 Å². The number of hydrogen-bond donors (Lipinski definition) is 1. The van der Waals surface area contributed by atoms with Gasteiger partial charge in [-0.15, -0.1) is 0 Å². The molecule has 5 aromatic rings. The molecule has 1 aromatic heterocycles. The highest BCUT2D eigenvalue weighted by atomic mass is 35.5. The summed E-state index contributed by atoms with van der Waals surface area (Å²) in [7, 11) is 0. The number of fused-ring (bicyclic) bond motifs is 2. The molecule has 0 radical (unpaired) electrons. The summed E-state index contributed by atoms with van der Waals surface area (Å²) < 4.78 is 0. The Balaban J connectivity index is 1.28. The maximum Gasteiger partial charge on any atom is 0.260 e. The van der Waals surface area contributed by atoms with Crippen molar-refractivity contribution >= 4 is 34.8 Å². The van der Waals surface area contributed by atoms with Crippen molar-refractivity contribution in [1.29, 1.82) is 0 Å². The number of nitrogens with one attached hydrogen (secondary N) is 1. The van der Waals surface area contributed by atoms with E-state index in [1.807, 2.05) is 66.7 Å². The van der Waals surface area contributed by atoms with Crippen molar-refractivity contribution in [3.63, 3.8) is 0 Å². The molecule has 0 fully saturated rings. The Labute approximate surface area is 231 Å². The van der Waals surface area contributed by atoms with Crippen LogP contribution in [0.1, 0.15) is 37.4 Å². The molecule has 1 N–H and O–H groups in total. The molecular weight excluding hydrogens is 506 g/mol. The van der Waals surface area contributed by atoms with Crippen LogP contribution in [0.15, 0.2) is 115 Å². The first-order valence-corrected chi connectivity index (χ1v) is 13.0. The third-order valence-electron chi connectivity index (χ3n) is 6.93. The number of amides is 2. The zero-order valence-corrected chi connectivity index (χ0v) is 21.7. The number of anilines is 2. The van der Waals surface area contributed by atoms with Crippen molar-refractivity contribution in [1.82, 2.24) is 4.98 Å². The lowest BCUT2D eigenvalue weighted by Gasteiger charge is -2.24. The Morgan fingerprint density at radius 3 is 2.26 bits per heavy atom. The zero-order chi connectivity index (χ0) is 26.8. The minimum absolute atomic E-state index is 0.192. The third kappa shape index (κ3) is 4.92. The average Bonchev–Trinajstić information content (AvgIpc) is 3.14. The summed E-state index contributed by atoms with van der Waals surface area (Å²) in [6.45, 7) is 0.450. The van der Waals surface area contributed by atoms with Gasteiger partial charge in [-0.2, -0.15) is 0 Å². The maximum absolute atomic E-state index is 13.8. The standard InChI is InChI=1S/C33H24ClN3O2/c34-29-20-25(36-32(38)27-13-5-4-12-26(27)30-14-7-8-18-35-30)16-17-28(29)33(39)37-21-24-11-2-1-9-22(24)19-23-10-3-6-15-31(23)37/h1-18,20H,19,21H2,(H,36,38). The fourth-order valence-electron chi connectivity index (χ4n) is 4.99.